The number of ether oxygens (including phenoxy) is 1. The van der Waals surface area contributed by atoms with E-state index >= 15 is 0 Å². The molecule has 0 aromatic heterocycles. The molecule has 0 spiro atoms. The van der Waals surface area contributed by atoms with Crippen LogP contribution in [0.4, 0.5) is 0 Å². The molecule has 1 saturated heterocycles. The first-order valence-electron chi connectivity index (χ1n) is 11.6. The number of phenols is 2. The van der Waals surface area contributed by atoms with Crippen molar-refractivity contribution in [2.24, 2.45) is 0 Å². The summed E-state index contributed by atoms with van der Waals surface area (Å²) in [6, 6.07) is 16.0. The number of nitrogens with one attached hydrogen (secondary N) is 2. The van der Waals surface area contributed by atoms with E-state index in [2.05, 4.69) is 10.6 Å². The van der Waals surface area contributed by atoms with Gasteiger partial charge in [-0.05, 0) is 80.1 Å². The SMILES string of the molecule is Cl.O=C(N[C@@H]1CNCCC[C@H]1OC(=O)c1ccc(S(=O)(=O)Oc2ccccc2O)cc1)c1ccc(O)cc1. The molecule has 1 amide bonds. The number of carbonyl (C=O) groups excluding carboxylic acids is 2. The number of halogens is 1. The van der Waals surface area contributed by atoms with E-state index < -0.39 is 28.2 Å². The summed E-state index contributed by atoms with van der Waals surface area (Å²) in [6.07, 6.45) is 0.626. The molecule has 4 rings (SSSR count). The van der Waals surface area contributed by atoms with Crippen molar-refractivity contribution in [2.75, 3.05) is 13.1 Å². The number of para-hydroxylation sites is 2. The lowest BCUT2D eigenvalue weighted by Gasteiger charge is -2.26. The summed E-state index contributed by atoms with van der Waals surface area (Å²) >= 11 is 0. The number of rotatable bonds is 7. The summed E-state index contributed by atoms with van der Waals surface area (Å²) in [5.41, 5.74) is 0.484. The van der Waals surface area contributed by atoms with Gasteiger partial charge in [-0.25, -0.2) is 4.79 Å². The lowest BCUT2D eigenvalue weighted by Crippen LogP contribution is -2.49. The van der Waals surface area contributed by atoms with Gasteiger partial charge in [0, 0.05) is 12.1 Å². The summed E-state index contributed by atoms with van der Waals surface area (Å²) in [4.78, 5) is 25.3. The standard InChI is InChI=1S/C26H26N2O8S.ClH/c29-19-11-7-17(8-12-19)25(31)28-21-16-27-15-3-6-23(21)35-26(32)18-9-13-20(14-10-18)37(33,34)36-24-5-2-1-4-22(24)30;/h1-2,4-5,7-14,21,23,27,29-30H,3,6,15-16H2,(H,28,31);1H/t21-,23-;/m1./s1. The van der Waals surface area contributed by atoms with E-state index in [1.54, 1.807) is 0 Å². The van der Waals surface area contributed by atoms with Crippen LogP contribution in [0.2, 0.25) is 0 Å². The Hall–Kier alpha value is -3.80. The van der Waals surface area contributed by atoms with E-state index in [0.717, 1.165) is 6.42 Å². The molecule has 3 aromatic rings. The molecule has 0 unspecified atom stereocenters. The van der Waals surface area contributed by atoms with Crippen molar-refractivity contribution >= 4 is 34.4 Å². The first kappa shape index (κ1) is 28.8. The molecule has 0 bridgehead atoms. The minimum Gasteiger partial charge on any atom is -0.508 e. The van der Waals surface area contributed by atoms with Crippen molar-refractivity contribution in [2.45, 2.75) is 29.9 Å². The Kier molecular flexibility index (Phi) is 9.56. The van der Waals surface area contributed by atoms with Crippen LogP contribution < -0.4 is 14.8 Å². The maximum absolute atomic E-state index is 12.9. The van der Waals surface area contributed by atoms with Crippen LogP contribution in [0, 0.1) is 0 Å². The van der Waals surface area contributed by atoms with Gasteiger partial charge in [0.25, 0.3) is 5.91 Å². The molecule has 1 heterocycles. The quantitative estimate of drug-likeness (QED) is 0.251. The zero-order valence-corrected chi connectivity index (χ0v) is 21.7. The van der Waals surface area contributed by atoms with Gasteiger partial charge in [0.05, 0.1) is 11.6 Å². The highest BCUT2D eigenvalue weighted by molar-refractivity contribution is 7.87. The van der Waals surface area contributed by atoms with Crippen LogP contribution in [0.3, 0.4) is 0 Å². The highest BCUT2D eigenvalue weighted by atomic mass is 35.5. The number of esters is 1. The van der Waals surface area contributed by atoms with Gasteiger partial charge in [-0.1, -0.05) is 12.1 Å². The van der Waals surface area contributed by atoms with Crippen LogP contribution in [-0.2, 0) is 14.9 Å². The van der Waals surface area contributed by atoms with Crippen LogP contribution in [0.15, 0.2) is 77.7 Å². The Labute approximate surface area is 226 Å². The number of aromatic hydroxyl groups is 2. The topological polar surface area (TPSA) is 151 Å². The second-order valence-corrected chi connectivity index (χ2v) is 9.99. The van der Waals surface area contributed by atoms with E-state index in [0.29, 0.717) is 25.1 Å². The smallest absolute Gasteiger partial charge is 0.339 e. The monoisotopic (exact) mass is 562 g/mol. The number of hydrogen-bond acceptors (Lipinski definition) is 9. The number of carbonyl (C=O) groups is 2. The summed E-state index contributed by atoms with van der Waals surface area (Å²) in [5, 5.41) is 25.3. The van der Waals surface area contributed by atoms with Crippen LogP contribution in [0.1, 0.15) is 33.6 Å². The molecule has 38 heavy (non-hydrogen) atoms. The number of phenolic OH excluding ortho intramolecular Hbond substituents is 2. The van der Waals surface area contributed by atoms with Crippen molar-refractivity contribution in [3.05, 3.63) is 83.9 Å². The zero-order chi connectivity index (χ0) is 26.4. The summed E-state index contributed by atoms with van der Waals surface area (Å²) in [5.74, 6) is -1.53. The van der Waals surface area contributed by atoms with Gasteiger partial charge in [-0.3, -0.25) is 4.79 Å². The predicted octanol–water partition coefficient (Wildman–Crippen LogP) is 2.99. The predicted molar refractivity (Wildman–Crippen MR) is 140 cm³/mol. The largest absolute Gasteiger partial charge is 0.508 e. The van der Waals surface area contributed by atoms with Crippen LogP contribution in [0.5, 0.6) is 17.2 Å². The first-order valence-corrected chi connectivity index (χ1v) is 13.0. The lowest BCUT2D eigenvalue weighted by molar-refractivity contribution is 0.0192. The summed E-state index contributed by atoms with van der Waals surface area (Å²) in [7, 11) is -4.25. The summed E-state index contributed by atoms with van der Waals surface area (Å²) < 4.78 is 35.8. The van der Waals surface area contributed by atoms with Crippen LogP contribution in [-0.4, -0.2) is 55.7 Å². The first-order chi connectivity index (χ1) is 17.7. The van der Waals surface area contributed by atoms with E-state index in [1.165, 1.54) is 72.8 Å². The van der Waals surface area contributed by atoms with Crippen molar-refractivity contribution in [1.82, 2.24) is 10.6 Å². The fourth-order valence-electron chi connectivity index (χ4n) is 3.83. The van der Waals surface area contributed by atoms with E-state index in [1.807, 2.05) is 0 Å². The molecule has 4 N–H and O–H groups in total. The third-order valence-electron chi connectivity index (χ3n) is 5.80. The van der Waals surface area contributed by atoms with Gasteiger partial charge >= 0.3 is 16.1 Å². The summed E-state index contributed by atoms with van der Waals surface area (Å²) in [6.45, 7) is 1.09. The molecule has 3 aromatic carbocycles. The minimum atomic E-state index is -4.25. The van der Waals surface area contributed by atoms with Gasteiger partial charge in [-0.2, -0.15) is 8.42 Å². The molecule has 0 saturated carbocycles. The Morgan fingerprint density at radius 1 is 0.921 bits per heavy atom. The molecule has 12 heteroatoms. The van der Waals surface area contributed by atoms with Crippen molar-refractivity contribution < 1.29 is 37.1 Å². The average molecular weight is 563 g/mol. The number of amides is 1. The molecule has 2 atom stereocenters. The molecule has 1 aliphatic rings. The Morgan fingerprint density at radius 3 is 2.26 bits per heavy atom. The van der Waals surface area contributed by atoms with Gasteiger partial charge in [0.1, 0.15) is 16.7 Å². The maximum atomic E-state index is 12.9. The number of benzene rings is 3. The Balaban J connectivity index is 0.00000400. The second kappa shape index (κ2) is 12.6. The van der Waals surface area contributed by atoms with Gasteiger partial charge in [0.2, 0.25) is 0 Å². The fourth-order valence-corrected chi connectivity index (χ4v) is 4.77. The molecule has 0 radical (unpaired) electrons. The zero-order valence-electron chi connectivity index (χ0n) is 20.1. The normalized spacial score (nSPS) is 17.4. The van der Waals surface area contributed by atoms with Gasteiger partial charge in [-0.15, -0.1) is 12.4 Å². The van der Waals surface area contributed by atoms with Crippen molar-refractivity contribution in [3.63, 3.8) is 0 Å². The third-order valence-corrected chi connectivity index (χ3v) is 7.05. The molecular weight excluding hydrogens is 536 g/mol. The highest BCUT2D eigenvalue weighted by Gasteiger charge is 2.29. The average Bonchev–Trinajstić information content (AvgIpc) is 3.10. The van der Waals surface area contributed by atoms with E-state index in [9.17, 15) is 28.2 Å². The third kappa shape index (κ3) is 7.15. The fraction of sp³-hybridized carbons (Fsp3) is 0.231. The van der Waals surface area contributed by atoms with Gasteiger partial charge in [0.15, 0.2) is 11.5 Å². The molecule has 1 fully saturated rings. The molecule has 10 nitrogen and oxygen atoms in total. The highest BCUT2D eigenvalue weighted by Crippen LogP contribution is 2.28. The molecule has 1 aliphatic heterocycles. The Bertz CT molecular complexity index is 1360. The van der Waals surface area contributed by atoms with Crippen molar-refractivity contribution in [3.8, 4) is 17.2 Å². The van der Waals surface area contributed by atoms with Crippen molar-refractivity contribution in [1.29, 1.82) is 0 Å². The van der Waals surface area contributed by atoms with E-state index in [-0.39, 0.29) is 46.0 Å². The molecule has 202 valence electrons. The van der Waals surface area contributed by atoms with Crippen LogP contribution in [0.25, 0.3) is 0 Å². The Morgan fingerprint density at radius 2 is 1.58 bits per heavy atom. The second-order valence-electron chi connectivity index (χ2n) is 8.45. The number of hydrogen-bond donors (Lipinski definition) is 4. The molecule has 0 aliphatic carbocycles. The van der Waals surface area contributed by atoms with E-state index in [4.69, 9.17) is 8.92 Å². The van der Waals surface area contributed by atoms with Gasteiger partial charge < -0.3 is 29.8 Å². The lowest BCUT2D eigenvalue weighted by atomic mass is 10.1. The minimum absolute atomic E-state index is 0. The maximum Gasteiger partial charge on any atom is 0.339 e. The van der Waals surface area contributed by atoms with Crippen LogP contribution >= 0.6 is 12.4 Å². The molecular formula is C26H27ClN2O8S.